The van der Waals surface area contributed by atoms with E-state index in [-0.39, 0.29) is 12.4 Å². The number of hydrogen-bond acceptors (Lipinski definition) is 1. The molecule has 3 heteroatoms. The lowest BCUT2D eigenvalue weighted by atomic mass is 10.1. The van der Waals surface area contributed by atoms with Crippen molar-refractivity contribution in [2.45, 2.75) is 13.2 Å². The molecule has 2 aromatic carbocycles. The van der Waals surface area contributed by atoms with Crippen LogP contribution in [0.5, 0.6) is 0 Å². The van der Waals surface area contributed by atoms with Crippen LogP contribution >= 0.6 is 0 Å². The Labute approximate surface area is 110 Å². The van der Waals surface area contributed by atoms with Crippen LogP contribution < -0.4 is 0 Å². The molecule has 0 saturated carbocycles. The molecule has 0 aliphatic rings. The fourth-order valence-corrected chi connectivity index (χ4v) is 2.28. The average Bonchev–Trinajstić information content (AvgIpc) is 2.84. The molecule has 0 saturated heterocycles. The molecule has 0 amide bonds. The summed E-state index contributed by atoms with van der Waals surface area (Å²) in [4.78, 5) is 0. The summed E-state index contributed by atoms with van der Waals surface area (Å²) in [5, 5.41) is 10.3. The number of halogens is 1. The molecule has 0 atom stereocenters. The molecule has 2 nitrogen and oxygen atoms in total. The normalized spacial score (nSPS) is 11.1. The number of rotatable bonds is 3. The summed E-state index contributed by atoms with van der Waals surface area (Å²) in [7, 11) is 0. The van der Waals surface area contributed by atoms with E-state index in [4.69, 9.17) is 0 Å². The molecule has 0 aliphatic heterocycles. The maximum atomic E-state index is 13.7. The van der Waals surface area contributed by atoms with Crippen molar-refractivity contribution in [1.82, 2.24) is 4.57 Å². The zero-order chi connectivity index (χ0) is 13.2. The van der Waals surface area contributed by atoms with Gasteiger partial charge in [-0.15, -0.1) is 0 Å². The lowest BCUT2D eigenvalue weighted by Gasteiger charge is -2.07. The second-order valence-corrected chi connectivity index (χ2v) is 4.59. The zero-order valence-corrected chi connectivity index (χ0v) is 10.4. The number of hydrogen-bond donors (Lipinski definition) is 1. The first kappa shape index (κ1) is 11.9. The first-order valence-electron chi connectivity index (χ1n) is 6.20. The highest BCUT2D eigenvalue weighted by Gasteiger charge is 2.05. The highest BCUT2D eigenvalue weighted by Crippen LogP contribution is 2.20. The molecule has 1 N–H and O–H groups in total. The number of aliphatic hydroxyl groups excluding tert-OH is 1. The van der Waals surface area contributed by atoms with Crippen molar-refractivity contribution in [2.24, 2.45) is 0 Å². The van der Waals surface area contributed by atoms with Crippen LogP contribution in [-0.4, -0.2) is 9.67 Å². The number of fused-ring (bicyclic) bond motifs is 1. The minimum absolute atomic E-state index is 0.0147. The van der Waals surface area contributed by atoms with Gasteiger partial charge in [0.05, 0.1) is 13.2 Å². The Morgan fingerprint density at radius 3 is 2.68 bits per heavy atom. The van der Waals surface area contributed by atoms with Crippen molar-refractivity contribution >= 4 is 10.9 Å². The summed E-state index contributed by atoms with van der Waals surface area (Å²) in [5.74, 6) is -0.192. The minimum Gasteiger partial charge on any atom is -0.392 e. The van der Waals surface area contributed by atoms with E-state index in [1.165, 1.54) is 6.07 Å². The Morgan fingerprint density at radius 2 is 1.89 bits per heavy atom. The highest BCUT2D eigenvalue weighted by molar-refractivity contribution is 5.80. The molecule has 0 spiro atoms. The van der Waals surface area contributed by atoms with Gasteiger partial charge in [-0.2, -0.15) is 0 Å². The van der Waals surface area contributed by atoms with Gasteiger partial charge in [-0.1, -0.05) is 30.3 Å². The van der Waals surface area contributed by atoms with Crippen LogP contribution in [0.4, 0.5) is 4.39 Å². The third-order valence-electron chi connectivity index (χ3n) is 3.32. The van der Waals surface area contributed by atoms with Crippen LogP contribution in [0.1, 0.15) is 11.1 Å². The van der Waals surface area contributed by atoms with Gasteiger partial charge in [-0.25, -0.2) is 4.39 Å². The minimum atomic E-state index is -0.192. The summed E-state index contributed by atoms with van der Waals surface area (Å²) < 4.78 is 15.7. The van der Waals surface area contributed by atoms with Gasteiger partial charge in [-0.05, 0) is 29.1 Å². The van der Waals surface area contributed by atoms with Crippen molar-refractivity contribution in [3.63, 3.8) is 0 Å². The van der Waals surface area contributed by atoms with E-state index in [1.807, 2.05) is 41.1 Å². The second-order valence-electron chi connectivity index (χ2n) is 4.59. The maximum absolute atomic E-state index is 13.7. The number of aromatic nitrogens is 1. The Balaban J connectivity index is 2.03. The molecule has 0 bridgehead atoms. The zero-order valence-electron chi connectivity index (χ0n) is 10.4. The summed E-state index contributed by atoms with van der Waals surface area (Å²) in [5.41, 5.74) is 2.53. The summed E-state index contributed by atoms with van der Waals surface area (Å²) >= 11 is 0. The SMILES string of the molecule is OCc1ccc2ccn(Cc3ccccc3F)c2c1. The van der Waals surface area contributed by atoms with E-state index >= 15 is 0 Å². The van der Waals surface area contributed by atoms with E-state index in [9.17, 15) is 9.50 Å². The van der Waals surface area contributed by atoms with Gasteiger partial charge < -0.3 is 9.67 Å². The molecular formula is C16H14FNO. The van der Waals surface area contributed by atoms with Crippen LogP contribution in [0.15, 0.2) is 54.7 Å². The van der Waals surface area contributed by atoms with Crippen LogP contribution in [0, 0.1) is 5.82 Å². The molecule has 96 valence electrons. The first-order valence-corrected chi connectivity index (χ1v) is 6.20. The molecule has 0 unspecified atom stereocenters. The third-order valence-corrected chi connectivity index (χ3v) is 3.32. The highest BCUT2D eigenvalue weighted by atomic mass is 19.1. The fourth-order valence-electron chi connectivity index (χ4n) is 2.28. The maximum Gasteiger partial charge on any atom is 0.128 e. The van der Waals surface area contributed by atoms with Crippen molar-refractivity contribution < 1.29 is 9.50 Å². The van der Waals surface area contributed by atoms with Crippen LogP contribution in [0.2, 0.25) is 0 Å². The first-order chi connectivity index (χ1) is 9.28. The molecule has 1 aromatic heterocycles. The molecule has 1 heterocycles. The van der Waals surface area contributed by atoms with Crippen molar-refractivity contribution in [1.29, 1.82) is 0 Å². The van der Waals surface area contributed by atoms with Crippen molar-refractivity contribution in [2.75, 3.05) is 0 Å². The Bertz CT molecular complexity index is 718. The topological polar surface area (TPSA) is 25.2 Å². The smallest absolute Gasteiger partial charge is 0.128 e. The molecule has 0 aliphatic carbocycles. The third kappa shape index (κ3) is 2.25. The lowest BCUT2D eigenvalue weighted by molar-refractivity contribution is 0.282. The van der Waals surface area contributed by atoms with E-state index in [2.05, 4.69) is 0 Å². The summed E-state index contributed by atoms with van der Waals surface area (Å²) in [6, 6.07) is 14.6. The largest absolute Gasteiger partial charge is 0.392 e. The van der Waals surface area contributed by atoms with E-state index < -0.39 is 0 Å². The summed E-state index contributed by atoms with van der Waals surface area (Å²) in [6.07, 6.45) is 1.94. The van der Waals surface area contributed by atoms with Gasteiger partial charge in [0, 0.05) is 17.3 Å². The molecule has 3 rings (SSSR count). The average molecular weight is 255 g/mol. The molecule has 3 aromatic rings. The summed E-state index contributed by atoms with van der Waals surface area (Å²) in [6.45, 7) is 0.506. The van der Waals surface area contributed by atoms with Crippen molar-refractivity contribution in [3.8, 4) is 0 Å². The van der Waals surface area contributed by atoms with Crippen LogP contribution in [0.25, 0.3) is 10.9 Å². The standard InChI is InChI=1S/C16H14FNO/c17-15-4-2-1-3-14(15)10-18-8-7-13-6-5-12(11-19)9-16(13)18/h1-9,19H,10-11H2. The van der Waals surface area contributed by atoms with Crippen LogP contribution in [-0.2, 0) is 13.2 Å². The quantitative estimate of drug-likeness (QED) is 0.763. The van der Waals surface area contributed by atoms with Gasteiger partial charge in [0.1, 0.15) is 5.82 Å². The molecular weight excluding hydrogens is 241 g/mol. The second kappa shape index (κ2) is 4.86. The Morgan fingerprint density at radius 1 is 1.05 bits per heavy atom. The fraction of sp³-hybridized carbons (Fsp3) is 0.125. The molecule has 0 fully saturated rings. The van der Waals surface area contributed by atoms with E-state index in [0.717, 1.165) is 16.5 Å². The van der Waals surface area contributed by atoms with Gasteiger partial charge in [0.2, 0.25) is 0 Å². The lowest BCUT2D eigenvalue weighted by Crippen LogP contribution is -2.00. The van der Waals surface area contributed by atoms with Gasteiger partial charge in [0.25, 0.3) is 0 Å². The molecule has 19 heavy (non-hydrogen) atoms. The molecule has 0 radical (unpaired) electrons. The van der Waals surface area contributed by atoms with E-state index in [0.29, 0.717) is 12.1 Å². The Kier molecular flexibility index (Phi) is 3.05. The van der Waals surface area contributed by atoms with Crippen LogP contribution in [0.3, 0.4) is 0 Å². The van der Waals surface area contributed by atoms with Gasteiger partial charge in [0.15, 0.2) is 0 Å². The predicted molar refractivity (Wildman–Crippen MR) is 73.4 cm³/mol. The van der Waals surface area contributed by atoms with Gasteiger partial charge >= 0.3 is 0 Å². The monoisotopic (exact) mass is 255 g/mol. The van der Waals surface area contributed by atoms with E-state index in [1.54, 1.807) is 12.1 Å². The Hall–Kier alpha value is -2.13. The number of aliphatic hydroxyl groups is 1. The number of nitrogens with zero attached hydrogens (tertiary/aromatic N) is 1. The number of benzene rings is 2. The van der Waals surface area contributed by atoms with Gasteiger partial charge in [-0.3, -0.25) is 0 Å². The van der Waals surface area contributed by atoms with Crippen molar-refractivity contribution in [3.05, 3.63) is 71.7 Å². The predicted octanol–water partition coefficient (Wildman–Crippen LogP) is 3.32.